The number of ether oxygens (including phenoxy) is 2. The summed E-state index contributed by atoms with van der Waals surface area (Å²) in [4.78, 5) is 51.0. The largest absolute Gasteiger partial charge is 0.467 e. The van der Waals surface area contributed by atoms with E-state index in [1.807, 2.05) is 0 Å². The minimum absolute atomic E-state index is 0.127. The molecule has 0 radical (unpaired) electrons. The zero-order valence-electron chi connectivity index (χ0n) is 18.6. The van der Waals surface area contributed by atoms with Crippen LogP contribution in [-0.4, -0.2) is 66.2 Å². The van der Waals surface area contributed by atoms with Crippen LogP contribution in [0.15, 0.2) is 0 Å². The van der Waals surface area contributed by atoms with Crippen LogP contribution in [0.4, 0.5) is 4.79 Å². The van der Waals surface area contributed by atoms with E-state index in [-0.39, 0.29) is 24.8 Å². The van der Waals surface area contributed by atoms with Gasteiger partial charge in [-0.2, -0.15) is 0 Å². The maximum atomic E-state index is 13.0. The molecule has 0 aliphatic carbocycles. The van der Waals surface area contributed by atoms with Crippen molar-refractivity contribution in [2.24, 2.45) is 5.92 Å². The molecular formula is C20H35N3O6. The van der Waals surface area contributed by atoms with Crippen LogP contribution < -0.4 is 10.6 Å². The van der Waals surface area contributed by atoms with Crippen LogP contribution in [0.25, 0.3) is 0 Å². The second-order valence-electron chi connectivity index (χ2n) is 9.19. The van der Waals surface area contributed by atoms with Crippen LogP contribution in [0.5, 0.6) is 0 Å². The smallest absolute Gasteiger partial charge is 0.408 e. The number of amides is 3. The predicted octanol–water partition coefficient (Wildman–Crippen LogP) is 1.60. The average molecular weight is 414 g/mol. The molecule has 0 aromatic carbocycles. The molecule has 29 heavy (non-hydrogen) atoms. The highest BCUT2D eigenvalue weighted by molar-refractivity contribution is 5.88. The third-order valence-corrected chi connectivity index (χ3v) is 4.47. The first kappa shape index (κ1) is 24.7. The highest BCUT2D eigenvalue weighted by Gasteiger charge is 2.40. The van der Waals surface area contributed by atoms with Gasteiger partial charge >= 0.3 is 12.1 Å². The summed E-state index contributed by atoms with van der Waals surface area (Å²) in [6.45, 7) is 10.8. The molecule has 1 rings (SSSR count). The number of carbonyl (C=O) groups is 4. The molecule has 1 aliphatic rings. The van der Waals surface area contributed by atoms with E-state index in [1.165, 1.54) is 12.0 Å². The number of alkyl carbamates (subject to hydrolysis) is 1. The van der Waals surface area contributed by atoms with Gasteiger partial charge in [0, 0.05) is 18.0 Å². The van der Waals surface area contributed by atoms with Gasteiger partial charge in [0.05, 0.1) is 7.11 Å². The number of hydrogen-bond acceptors (Lipinski definition) is 6. The van der Waals surface area contributed by atoms with Crippen LogP contribution in [0.3, 0.4) is 0 Å². The van der Waals surface area contributed by atoms with Crippen molar-refractivity contribution < 1.29 is 28.7 Å². The van der Waals surface area contributed by atoms with E-state index in [0.717, 1.165) is 6.42 Å². The molecule has 0 bridgehead atoms. The third-order valence-electron chi connectivity index (χ3n) is 4.47. The zero-order valence-corrected chi connectivity index (χ0v) is 18.6. The summed E-state index contributed by atoms with van der Waals surface area (Å²) in [5.41, 5.74) is -1.43. The van der Waals surface area contributed by atoms with E-state index in [2.05, 4.69) is 10.6 Å². The van der Waals surface area contributed by atoms with Crippen molar-refractivity contribution >= 4 is 23.9 Å². The van der Waals surface area contributed by atoms with Crippen LogP contribution in [0.2, 0.25) is 0 Å². The fraction of sp³-hybridized carbons (Fsp3) is 0.800. The molecule has 0 aromatic heterocycles. The lowest BCUT2D eigenvalue weighted by Crippen LogP contribution is -2.58. The Bertz CT molecular complexity index is 621. The Morgan fingerprint density at radius 2 is 1.83 bits per heavy atom. The van der Waals surface area contributed by atoms with E-state index in [1.54, 1.807) is 41.5 Å². The normalized spacial score (nSPS) is 18.3. The minimum Gasteiger partial charge on any atom is -0.467 e. The van der Waals surface area contributed by atoms with Crippen LogP contribution in [0, 0.1) is 5.92 Å². The Morgan fingerprint density at radius 3 is 2.31 bits per heavy atom. The summed E-state index contributed by atoms with van der Waals surface area (Å²) < 4.78 is 10.1. The highest BCUT2D eigenvalue weighted by Crippen LogP contribution is 2.26. The quantitative estimate of drug-likeness (QED) is 0.639. The highest BCUT2D eigenvalue weighted by atomic mass is 16.6. The summed E-state index contributed by atoms with van der Waals surface area (Å²) in [7, 11) is 1.25. The number of nitrogens with one attached hydrogen (secondary N) is 2. The second kappa shape index (κ2) is 9.93. The Balaban J connectivity index is 3.00. The fourth-order valence-corrected chi connectivity index (χ4v) is 3.34. The lowest BCUT2D eigenvalue weighted by Gasteiger charge is -2.41. The standard InChI is InChI=1S/C20H35N3O6/c1-19(2,3)23(15(24)12-22-18(27)29-20(4,5)6)14(17(26)28-7)11-13-9-8-10-21-16(13)25/h13-14H,8-12H2,1-7H3,(H,21,25)(H,22,27)/t13-,14?/m0/s1. The average Bonchev–Trinajstić information content (AvgIpc) is 2.57. The molecule has 3 amide bonds. The van der Waals surface area contributed by atoms with E-state index >= 15 is 0 Å². The molecule has 1 saturated heterocycles. The Kier molecular flexibility index (Phi) is 8.47. The van der Waals surface area contributed by atoms with Crippen molar-refractivity contribution in [1.82, 2.24) is 15.5 Å². The van der Waals surface area contributed by atoms with Gasteiger partial charge < -0.3 is 25.0 Å². The topological polar surface area (TPSA) is 114 Å². The maximum absolute atomic E-state index is 13.0. The van der Waals surface area contributed by atoms with Crippen LogP contribution >= 0.6 is 0 Å². The molecule has 0 aromatic rings. The molecule has 1 aliphatic heterocycles. The van der Waals surface area contributed by atoms with Crippen molar-refractivity contribution in [1.29, 1.82) is 0 Å². The molecule has 166 valence electrons. The SMILES string of the molecule is COC(=O)C(C[C@@H]1CCCNC1=O)N(C(=O)CNC(=O)OC(C)(C)C)C(C)(C)C. The minimum atomic E-state index is -0.943. The number of methoxy groups -OCH3 is 1. The Labute approximate surface area is 172 Å². The van der Waals surface area contributed by atoms with Gasteiger partial charge in [-0.15, -0.1) is 0 Å². The molecule has 1 heterocycles. The summed E-state index contributed by atoms with van der Waals surface area (Å²) in [5.74, 6) is -1.57. The monoisotopic (exact) mass is 413 g/mol. The van der Waals surface area contributed by atoms with Gasteiger partial charge in [-0.05, 0) is 60.8 Å². The number of piperidine rings is 1. The summed E-state index contributed by atoms with van der Waals surface area (Å²) in [5, 5.41) is 5.23. The molecule has 9 heteroatoms. The Morgan fingerprint density at radius 1 is 1.21 bits per heavy atom. The lowest BCUT2D eigenvalue weighted by molar-refractivity contribution is -0.158. The van der Waals surface area contributed by atoms with Gasteiger partial charge in [0.1, 0.15) is 18.2 Å². The van der Waals surface area contributed by atoms with Gasteiger partial charge in [0.15, 0.2) is 0 Å². The van der Waals surface area contributed by atoms with Gasteiger partial charge in [0.2, 0.25) is 11.8 Å². The first-order valence-corrected chi connectivity index (χ1v) is 9.91. The van der Waals surface area contributed by atoms with Gasteiger partial charge in [-0.1, -0.05) is 0 Å². The van der Waals surface area contributed by atoms with Gasteiger partial charge in [-0.3, -0.25) is 9.59 Å². The molecule has 1 fully saturated rings. The summed E-state index contributed by atoms with van der Waals surface area (Å²) in [6.07, 6.45) is 0.893. The molecule has 9 nitrogen and oxygen atoms in total. The third kappa shape index (κ3) is 7.91. The molecular weight excluding hydrogens is 378 g/mol. The molecule has 2 atom stereocenters. The fourth-order valence-electron chi connectivity index (χ4n) is 3.34. The van der Waals surface area contributed by atoms with E-state index in [0.29, 0.717) is 13.0 Å². The molecule has 1 unspecified atom stereocenters. The second-order valence-corrected chi connectivity index (χ2v) is 9.19. The number of esters is 1. The van der Waals surface area contributed by atoms with E-state index in [4.69, 9.17) is 9.47 Å². The predicted molar refractivity (Wildman–Crippen MR) is 107 cm³/mol. The van der Waals surface area contributed by atoms with Crippen molar-refractivity contribution in [3.8, 4) is 0 Å². The van der Waals surface area contributed by atoms with Crippen molar-refractivity contribution in [2.75, 3.05) is 20.2 Å². The molecule has 2 N–H and O–H groups in total. The molecule has 0 spiro atoms. The maximum Gasteiger partial charge on any atom is 0.408 e. The lowest BCUT2D eigenvalue weighted by atomic mass is 9.89. The van der Waals surface area contributed by atoms with Crippen molar-refractivity contribution in [3.05, 3.63) is 0 Å². The number of hydrogen-bond donors (Lipinski definition) is 2. The number of rotatable bonds is 6. The van der Waals surface area contributed by atoms with Gasteiger partial charge in [0.25, 0.3) is 0 Å². The molecule has 0 saturated carbocycles. The van der Waals surface area contributed by atoms with E-state index in [9.17, 15) is 19.2 Å². The number of carbonyl (C=O) groups excluding carboxylic acids is 4. The van der Waals surface area contributed by atoms with Crippen molar-refractivity contribution in [3.63, 3.8) is 0 Å². The van der Waals surface area contributed by atoms with Crippen molar-refractivity contribution in [2.45, 2.75) is 78.0 Å². The first-order chi connectivity index (χ1) is 13.3. The first-order valence-electron chi connectivity index (χ1n) is 9.91. The van der Waals surface area contributed by atoms with Crippen LogP contribution in [0.1, 0.15) is 60.8 Å². The van der Waals surface area contributed by atoms with Crippen LogP contribution in [-0.2, 0) is 23.9 Å². The van der Waals surface area contributed by atoms with E-state index < -0.39 is 35.2 Å². The summed E-state index contributed by atoms with van der Waals surface area (Å²) in [6, 6.07) is -0.943. The summed E-state index contributed by atoms with van der Waals surface area (Å²) >= 11 is 0. The Hall–Kier alpha value is -2.32. The van der Waals surface area contributed by atoms with Gasteiger partial charge in [-0.25, -0.2) is 9.59 Å². The number of nitrogens with zero attached hydrogens (tertiary/aromatic N) is 1. The zero-order chi connectivity index (χ0) is 22.4.